The van der Waals surface area contributed by atoms with Gasteiger partial charge in [-0.15, -0.1) is 24.3 Å². The molecule has 6 rings (SSSR count). The number of hydrogen-bond donors (Lipinski definition) is 0. The largest absolute Gasteiger partial charge is 1.00 e. The van der Waals surface area contributed by atoms with E-state index < -0.39 is 0 Å². The van der Waals surface area contributed by atoms with Crippen molar-refractivity contribution in [2.45, 2.75) is 64.5 Å². The summed E-state index contributed by atoms with van der Waals surface area (Å²) in [5, 5.41) is 0. The van der Waals surface area contributed by atoms with E-state index in [1.165, 1.54) is 74.4 Å². The zero-order chi connectivity index (χ0) is 19.5. The normalized spacial score (nSPS) is 32.0. The Bertz CT molecular complexity index is 642. The van der Waals surface area contributed by atoms with Gasteiger partial charge in [-0.3, -0.25) is 0 Å². The van der Waals surface area contributed by atoms with Crippen LogP contribution in [0.4, 0.5) is 0 Å². The van der Waals surface area contributed by atoms with Crippen molar-refractivity contribution in [2.24, 2.45) is 35.5 Å². The van der Waals surface area contributed by atoms with Crippen molar-refractivity contribution in [1.29, 1.82) is 0 Å². The predicted molar refractivity (Wildman–Crippen MR) is 118 cm³/mol. The Morgan fingerprint density at radius 3 is 1.43 bits per heavy atom. The van der Waals surface area contributed by atoms with Gasteiger partial charge < -0.3 is 24.8 Å². The molecule has 0 aliphatic heterocycles. The van der Waals surface area contributed by atoms with Gasteiger partial charge in [-0.1, -0.05) is 62.2 Å². The molecule has 0 nitrogen and oxygen atoms in total. The van der Waals surface area contributed by atoms with Gasteiger partial charge in [-0.2, -0.15) is 0 Å². The van der Waals surface area contributed by atoms with E-state index in [4.69, 9.17) is 0 Å². The maximum absolute atomic E-state index is 2.55. The van der Waals surface area contributed by atoms with Crippen molar-refractivity contribution < 1.29 is 47.8 Å². The second-order valence-corrected chi connectivity index (χ2v) is 22.6. The van der Waals surface area contributed by atoms with E-state index in [-0.39, 0.29) is 30.3 Å². The summed E-state index contributed by atoms with van der Waals surface area (Å²) in [6.45, 7) is 4.66. The van der Waals surface area contributed by atoms with Crippen molar-refractivity contribution in [1.82, 2.24) is 0 Å². The van der Waals surface area contributed by atoms with Crippen LogP contribution in [0.1, 0.15) is 51.4 Å². The third kappa shape index (κ3) is 7.75. The zero-order valence-electron chi connectivity index (χ0n) is 18.5. The molecule has 0 aromatic rings. The van der Waals surface area contributed by atoms with E-state index in [0.717, 1.165) is 35.5 Å². The molecule has 6 aliphatic rings. The van der Waals surface area contributed by atoms with Crippen LogP contribution in [-0.4, -0.2) is 5.49 Å². The van der Waals surface area contributed by atoms with Crippen LogP contribution in [0.3, 0.4) is 0 Å². The number of halogens is 2. The standard InChI is InChI=1S/2C12H15.C2H6Si.2ClH.Hf/c2*1-2-4-11-8-12(9-5-6-9)7-10(11)3-1;1-3-2;;;/h2*1-3,7,9,11-12H,4-6,8H2;1-2H3;2*1H;/q2*-1;;;;+2/p-2. The summed E-state index contributed by atoms with van der Waals surface area (Å²) in [5.41, 5.74) is 3.53. The van der Waals surface area contributed by atoms with Gasteiger partial charge in [0.1, 0.15) is 0 Å². The molecule has 0 heterocycles. The maximum atomic E-state index is 2.55. The smallest absolute Gasteiger partial charge is 1.00 e. The van der Waals surface area contributed by atoms with E-state index in [1.807, 2.05) is 0 Å². The second-order valence-electron chi connectivity index (χ2n) is 9.86. The van der Waals surface area contributed by atoms with E-state index in [2.05, 4.69) is 62.4 Å². The molecule has 0 bridgehead atoms. The molecule has 4 fully saturated rings. The first-order chi connectivity index (χ1) is 13.6. The molecule has 4 atom stereocenters. The Hall–Kier alpha value is 0.367. The fourth-order valence-corrected chi connectivity index (χ4v) is 5.23. The van der Waals surface area contributed by atoms with Crippen molar-refractivity contribution in [3.05, 3.63) is 60.4 Å². The molecule has 4 unspecified atom stereocenters. The topological polar surface area (TPSA) is 0 Å². The monoisotopic (exact) mass is 626 g/mol. The Labute approximate surface area is 212 Å². The molecule has 30 heavy (non-hydrogen) atoms. The van der Waals surface area contributed by atoms with Crippen molar-refractivity contribution >= 4 is 5.49 Å². The molecule has 0 amide bonds. The van der Waals surface area contributed by atoms with Crippen molar-refractivity contribution in [3.8, 4) is 0 Å². The minimum absolute atomic E-state index is 0. The van der Waals surface area contributed by atoms with Gasteiger partial charge in [0.2, 0.25) is 0 Å². The molecule has 6 aliphatic carbocycles. The van der Waals surface area contributed by atoms with Crippen LogP contribution in [0, 0.1) is 48.3 Å². The zero-order valence-corrected chi connectivity index (χ0v) is 24.6. The summed E-state index contributed by atoms with van der Waals surface area (Å²) >= 11 is 1.45. The van der Waals surface area contributed by atoms with Crippen LogP contribution in [0.15, 0.2) is 47.6 Å². The van der Waals surface area contributed by atoms with Gasteiger partial charge in [0.25, 0.3) is 0 Å². The minimum Gasteiger partial charge on any atom is -1.00 e. The Kier molecular flexibility index (Phi) is 11.1. The van der Waals surface area contributed by atoms with Gasteiger partial charge in [0, 0.05) is 0 Å². The summed E-state index contributed by atoms with van der Waals surface area (Å²) in [6.07, 6.45) is 30.3. The average molecular weight is 626 g/mol. The minimum atomic E-state index is 0. The Balaban J connectivity index is 0.000000173. The molecule has 0 radical (unpaired) electrons. The van der Waals surface area contributed by atoms with E-state index in [1.54, 1.807) is 11.1 Å². The summed E-state index contributed by atoms with van der Waals surface area (Å²) in [5.74, 6) is 5.80. The first-order valence-electron chi connectivity index (χ1n) is 11.5. The molecule has 0 spiro atoms. The predicted octanol–water partition coefficient (Wildman–Crippen LogP) is 1.04. The first kappa shape index (κ1) is 26.6. The molecule has 4 saturated carbocycles. The van der Waals surface area contributed by atoms with Gasteiger partial charge >= 0.3 is 41.6 Å². The molecular formula is C26H36Cl2HfSi-2. The van der Waals surface area contributed by atoms with Crippen molar-refractivity contribution in [3.63, 3.8) is 0 Å². The third-order valence-corrected chi connectivity index (χ3v) is 7.01. The summed E-state index contributed by atoms with van der Waals surface area (Å²) in [4.78, 5) is 0. The molecule has 0 saturated heterocycles. The Morgan fingerprint density at radius 1 is 0.767 bits per heavy atom. The Morgan fingerprint density at radius 2 is 1.13 bits per heavy atom. The van der Waals surface area contributed by atoms with Gasteiger partial charge in [-0.25, -0.2) is 36.1 Å². The van der Waals surface area contributed by atoms with Crippen LogP contribution < -0.4 is 24.8 Å². The van der Waals surface area contributed by atoms with Crippen LogP contribution in [-0.2, 0) is 23.0 Å². The molecule has 164 valence electrons. The second kappa shape index (κ2) is 12.6. The van der Waals surface area contributed by atoms with E-state index in [0.29, 0.717) is 0 Å². The average Bonchev–Trinajstić information content (AvgIpc) is 3.61. The van der Waals surface area contributed by atoms with Crippen LogP contribution in [0.5, 0.6) is 0 Å². The number of rotatable bonds is 2. The van der Waals surface area contributed by atoms with Crippen LogP contribution in [0.25, 0.3) is 0 Å². The van der Waals surface area contributed by atoms with Gasteiger partial charge in [0.15, 0.2) is 0 Å². The molecule has 0 aromatic heterocycles. The van der Waals surface area contributed by atoms with E-state index >= 15 is 0 Å². The van der Waals surface area contributed by atoms with Crippen LogP contribution in [0.2, 0.25) is 13.1 Å². The quantitative estimate of drug-likeness (QED) is 0.318. The third-order valence-electron chi connectivity index (χ3n) is 7.01. The molecule has 0 aromatic carbocycles. The first-order valence-corrected chi connectivity index (χ1v) is 19.4. The fraction of sp³-hybridized carbons (Fsp3) is 0.615. The number of fused-ring (bicyclic) bond motifs is 2. The summed E-state index contributed by atoms with van der Waals surface area (Å²) in [6, 6.07) is 0. The van der Waals surface area contributed by atoms with Crippen molar-refractivity contribution in [2.75, 3.05) is 0 Å². The molecule has 4 heteroatoms. The van der Waals surface area contributed by atoms with E-state index in [9.17, 15) is 0 Å². The number of allylic oxidation sites excluding steroid dienone is 8. The maximum Gasteiger partial charge on any atom is -1.00 e. The fourth-order valence-electron chi connectivity index (χ4n) is 5.23. The summed E-state index contributed by atoms with van der Waals surface area (Å²) < 4.78 is 0. The SMILES string of the molecule is C1=CCC2CC(C3CC3)[CH-]C2=C1.C1=CCC2CC(C3CC3)[CH-]C2=C1.C[Si](C)=[Hf+2].[Cl-].[Cl-]. The molecular weight excluding hydrogens is 590 g/mol. The van der Waals surface area contributed by atoms with Crippen LogP contribution >= 0.6 is 0 Å². The number of hydrogen-bond acceptors (Lipinski definition) is 0. The van der Waals surface area contributed by atoms with Gasteiger partial charge in [0.05, 0.1) is 0 Å². The van der Waals surface area contributed by atoms with Gasteiger partial charge in [-0.05, 0) is 24.7 Å². The molecule has 0 N–H and O–H groups in total. The summed E-state index contributed by atoms with van der Waals surface area (Å²) in [7, 11) is 0.